The molecule has 1 unspecified atom stereocenters. The summed E-state index contributed by atoms with van der Waals surface area (Å²) >= 11 is 0. The number of nitrogens with one attached hydrogen (secondary N) is 3. The molecular formula is C17H25N3O3. The zero-order valence-electron chi connectivity index (χ0n) is 13.6. The van der Waals surface area contributed by atoms with Crippen molar-refractivity contribution < 1.29 is 14.3 Å². The molecule has 6 nitrogen and oxygen atoms in total. The van der Waals surface area contributed by atoms with Crippen LogP contribution in [-0.2, 0) is 4.79 Å². The number of hydrogen-bond acceptors (Lipinski definition) is 4. The van der Waals surface area contributed by atoms with Crippen LogP contribution in [-0.4, -0.2) is 45.1 Å². The minimum absolute atomic E-state index is 0.0515. The molecule has 1 heterocycles. The smallest absolute Gasteiger partial charge is 0.251 e. The normalized spacial score (nSPS) is 16.8. The number of benzene rings is 1. The first-order chi connectivity index (χ1) is 11.2. The molecule has 6 heteroatoms. The minimum Gasteiger partial charge on any atom is -0.497 e. The largest absolute Gasteiger partial charge is 0.497 e. The first-order valence-corrected chi connectivity index (χ1v) is 8.08. The lowest BCUT2D eigenvalue weighted by molar-refractivity contribution is -0.121. The Hall–Kier alpha value is -2.08. The molecule has 126 valence electrons. The van der Waals surface area contributed by atoms with E-state index in [1.807, 2.05) is 0 Å². The predicted octanol–water partition coefficient (Wildman–Crippen LogP) is 0.931. The van der Waals surface area contributed by atoms with Crippen LogP contribution in [0.1, 0.15) is 29.6 Å². The fourth-order valence-electron chi connectivity index (χ4n) is 2.61. The van der Waals surface area contributed by atoms with Crippen LogP contribution in [0.2, 0.25) is 0 Å². The Labute approximate surface area is 137 Å². The van der Waals surface area contributed by atoms with Crippen molar-refractivity contribution >= 4 is 11.8 Å². The molecule has 0 spiro atoms. The van der Waals surface area contributed by atoms with Crippen molar-refractivity contribution in [3.05, 3.63) is 29.8 Å². The summed E-state index contributed by atoms with van der Waals surface area (Å²) in [5.74, 6) is 1.23. The van der Waals surface area contributed by atoms with Crippen molar-refractivity contribution in [2.24, 2.45) is 5.92 Å². The maximum Gasteiger partial charge on any atom is 0.251 e. The summed E-state index contributed by atoms with van der Waals surface area (Å²) < 4.78 is 5.05. The second-order valence-electron chi connectivity index (χ2n) is 5.73. The topological polar surface area (TPSA) is 79.5 Å². The Kier molecular flexibility index (Phi) is 6.87. The summed E-state index contributed by atoms with van der Waals surface area (Å²) in [6.45, 7) is 2.94. The van der Waals surface area contributed by atoms with Crippen molar-refractivity contribution in [3.8, 4) is 5.75 Å². The first kappa shape index (κ1) is 17.3. The maximum absolute atomic E-state index is 11.9. The molecule has 1 aromatic rings. The van der Waals surface area contributed by atoms with Gasteiger partial charge in [-0.1, -0.05) is 0 Å². The number of ether oxygens (including phenoxy) is 1. The quantitative estimate of drug-likeness (QED) is 0.623. The van der Waals surface area contributed by atoms with Crippen LogP contribution in [0.3, 0.4) is 0 Å². The third kappa shape index (κ3) is 5.90. The second kappa shape index (κ2) is 9.15. The molecule has 0 radical (unpaired) electrons. The van der Waals surface area contributed by atoms with Crippen LogP contribution in [0.4, 0.5) is 0 Å². The van der Waals surface area contributed by atoms with Gasteiger partial charge in [0.2, 0.25) is 5.91 Å². The zero-order chi connectivity index (χ0) is 16.5. The lowest BCUT2D eigenvalue weighted by Gasteiger charge is -2.09. The lowest BCUT2D eigenvalue weighted by atomic mass is 10.0. The van der Waals surface area contributed by atoms with Gasteiger partial charge >= 0.3 is 0 Å². The van der Waals surface area contributed by atoms with Gasteiger partial charge in [0, 0.05) is 25.1 Å². The average Bonchev–Trinajstić information content (AvgIpc) is 3.10. The van der Waals surface area contributed by atoms with Gasteiger partial charge in [-0.2, -0.15) is 0 Å². The third-order valence-electron chi connectivity index (χ3n) is 4.03. The Bertz CT molecular complexity index is 510. The van der Waals surface area contributed by atoms with Crippen LogP contribution in [0, 0.1) is 5.92 Å². The molecule has 0 aromatic heterocycles. The molecule has 1 aliphatic rings. The molecule has 0 bridgehead atoms. The minimum atomic E-state index is -0.154. The molecule has 3 N–H and O–H groups in total. The van der Waals surface area contributed by atoms with E-state index in [1.54, 1.807) is 31.4 Å². The van der Waals surface area contributed by atoms with E-state index < -0.39 is 0 Å². The highest BCUT2D eigenvalue weighted by atomic mass is 16.5. The number of carbonyl (C=O) groups excluding carboxylic acids is 2. The predicted molar refractivity (Wildman–Crippen MR) is 88.5 cm³/mol. The molecular weight excluding hydrogens is 294 g/mol. The van der Waals surface area contributed by atoms with E-state index in [0.29, 0.717) is 36.7 Å². The van der Waals surface area contributed by atoms with Crippen molar-refractivity contribution in [1.29, 1.82) is 0 Å². The third-order valence-corrected chi connectivity index (χ3v) is 4.03. The van der Waals surface area contributed by atoms with Crippen molar-refractivity contribution in [2.75, 3.05) is 33.3 Å². The van der Waals surface area contributed by atoms with E-state index in [-0.39, 0.29) is 11.8 Å². The van der Waals surface area contributed by atoms with Crippen LogP contribution in [0.15, 0.2) is 24.3 Å². The highest BCUT2D eigenvalue weighted by Gasteiger charge is 2.15. The Morgan fingerprint density at radius 1 is 1.22 bits per heavy atom. The highest BCUT2D eigenvalue weighted by molar-refractivity contribution is 5.94. The summed E-state index contributed by atoms with van der Waals surface area (Å²) in [7, 11) is 1.58. The van der Waals surface area contributed by atoms with Crippen LogP contribution >= 0.6 is 0 Å². The molecule has 1 aromatic carbocycles. The van der Waals surface area contributed by atoms with Gasteiger partial charge in [0.25, 0.3) is 5.91 Å². The molecule has 1 aliphatic heterocycles. The first-order valence-electron chi connectivity index (χ1n) is 8.08. The van der Waals surface area contributed by atoms with Crippen LogP contribution < -0.4 is 20.7 Å². The molecule has 2 amide bonds. The fourth-order valence-corrected chi connectivity index (χ4v) is 2.61. The van der Waals surface area contributed by atoms with Gasteiger partial charge in [-0.15, -0.1) is 0 Å². The number of hydrogen-bond donors (Lipinski definition) is 3. The average molecular weight is 319 g/mol. The number of rotatable bonds is 8. The van der Waals surface area contributed by atoms with E-state index in [1.165, 1.54) is 0 Å². The molecule has 1 fully saturated rings. The second-order valence-corrected chi connectivity index (χ2v) is 5.73. The summed E-state index contributed by atoms with van der Waals surface area (Å²) in [5.41, 5.74) is 0.575. The summed E-state index contributed by atoms with van der Waals surface area (Å²) in [4.78, 5) is 23.6. The lowest BCUT2D eigenvalue weighted by Crippen LogP contribution is -2.34. The van der Waals surface area contributed by atoms with Gasteiger partial charge in [-0.05, 0) is 56.1 Å². The zero-order valence-corrected chi connectivity index (χ0v) is 13.6. The van der Waals surface area contributed by atoms with Gasteiger partial charge in [-0.25, -0.2) is 0 Å². The maximum atomic E-state index is 11.9. The highest BCUT2D eigenvalue weighted by Crippen LogP contribution is 2.13. The Morgan fingerprint density at radius 3 is 2.61 bits per heavy atom. The van der Waals surface area contributed by atoms with E-state index >= 15 is 0 Å². The van der Waals surface area contributed by atoms with Crippen molar-refractivity contribution in [3.63, 3.8) is 0 Å². The van der Waals surface area contributed by atoms with Crippen molar-refractivity contribution in [1.82, 2.24) is 16.0 Å². The number of methoxy groups -OCH3 is 1. The molecule has 0 aliphatic carbocycles. The SMILES string of the molecule is COc1ccc(C(=O)NCCNC(=O)CCC2CCNC2)cc1. The van der Waals surface area contributed by atoms with Gasteiger partial charge in [0.05, 0.1) is 7.11 Å². The summed E-state index contributed by atoms with van der Waals surface area (Å²) in [6.07, 6.45) is 2.64. The fraction of sp³-hybridized carbons (Fsp3) is 0.529. The van der Waals surface area contributed by atoms with Crippen LogP contribution in [0.5, 0.6) is 5.75 Å². The monoisotopic (exact) mass is 319 g/mol. The Morgan fingerprint density at radius 2 is 1.96 bits per heavy atom. The van der Waals surface area contributed by atoms with E-state index in [4.69, 9.17) is 4.74 Å². The van der Waals surface area contributed by atoms with E-state index in [0.717, 1.165) is 25.9 Å². The van der Waals surface area contributed by atoms with Crippen LogP contribution in [0.25, 0.3) is 0 Å². The van der Waals surface area contributed by atoms with E-state index in [2.05, 4.69) is 16.0 Å². The number of carbonyl (C=O) groups is 2. The molecule has 1 atom stereocenters. The van der Waals surface area contributed by atoms with Gasteiger partial charge in [-0.3, -0.25) is 9.59 Å². The summed E-state index contributed by atoms with van der Waals surface area (Å²) in [5, 5.41) is 8.92. The van der Waals surface area contributed by atoms with Gasteiger partial charge in [0.1, 0.15) is 5.75 Å². The molecule has 1 saturated heterocycles. The summed E-state index contributed by atoms with van der Waals surface area (Å²) in [6, 6.07) is 6.91. The Balaban J connectivity index is 1.58. The van der Waals surface area contributed by atoms with Crippen molar-refractivity contribution in [2.45, 2.75) is 19.3 Å². The van der Waals surface area contributed by atoms with Gasteiger partial charge < -0.3 is 20.7 Å². The molecule has 23 heavy (non-hydrogen) atoms. The number of amides is 2. The molecule has 2 rings (SSSR count). The van der Waals surface area contributed by atoms with Gasteiger partial charge in [0.15, 0.2) is 0 Å². The van der Waals surface area contributed by atoms with E-state index in [9.17, 15) is 9.59 Å². The molecule has 0 saturated carbocycles. The standard InChI is InChI=1S/C17H25N3O3/c1-23-15-5-3-14(4-6-15)17(22)20-11-10-19-16(21)7-2-13-8-9-18-12-13/h3-6,13,18H,2,7-12H2,1H3,(H,19,21)(H,20,22).